The molecule has 3 rings (SSSR count). The van der Waals surface area contributed by atoms with Gasteiger partial charge < -0.3 is 24.6 Å². The van der Waals surface area contributed by atoms with E-state index in [0.29, 0.717) is 40.8 Å². The highest BCUT2D eigenvalue weighted by Crippen LogP contribution is 2.50. The predicted molar refractivity (Wildman–Crippen MR) is 123 cm³/mol. The number of rotatable bonds is 7. The highest BCUT2D eigenvalue weighted by molar-refractivity contribution is 5.85. The highest BCUT2D eigenvalue weighted by atomic mass is 16.6. The summed E-state index contributed by atoms with van der Waals surface area (Å²) in [7, 11) is 2.86. The fraction of sp³-hybridized carbons (Fsp3) is 0.360. The molecule has 9 nitrogen and oxygen atoms in total. The van der Waals surface area contributed by atoms with Gasteiger partial charge in [-0.1, -0.05) is 12.1 Å². The summed E-state index contributed by atoms with van der Waals surface area (Å²) in [5, 5.41) is 11.8. The van der Waals surface area contributed by atoms with Crippen LogP contribution in [0.1, 0.15) is 48.9 Å². The van der Waals surface area contributed by atoms with Crippen LogP contribution >= 0.6 is 0 Å². The van der Waals surface area contributed by atoms with Crippen molar-refractivity contribution in [3.63, 3.8) is 0 Å². The molecule has 0 aliphatic heterocycles. The number of carbonyl (C=O) groups excluding carboxylic acids is 2. The second-order valence-corrected chi connectivity index (χ2v) is 8.03. The average molecular weight is 469 g/mol. The van der Waals surface area contributed by atoms with E-state index in [0.717, 1.165) is 5.56 Å². The van der Waals surface area contributed by atoms with Crippen molar-refractivity contribution >= 4 is 17.8 Å². The number of esters is 1. The first-order chi connectivity index (χ1) is 16.2. The third-order valence-corrected chi connectivity index (χ3v) is 5.67. The number of benzene rings is 1. The van der Waals surface area contributed by atoms with Crippen LogP contribution in [0.15, 0.2) is 29.1 Å². The lowest BCUT2D eigenvalue weighted by Gasteiger charge is -2.20. The molecule has 0 bridgehead atoms. The van der Waals surface area contributed by atoms with Gasteiger partial charge in [-0.2, -0.15) is 0 Å². The summed E-state index contributed by atoms with van der Waals surface area (Å²) < 4.78 is 16.7. The van der Waals surface area contributed by atoms with E-state index in [1.807, 2.05) is 6.07 Å². The Morgan fingerprint density at radius 2 is 1.79 bits per heavy atom. The first kappa shape index (κ1) is 24.8. The molecule has 1 atom stereocenters. The van der Waals surface area contributed by atoms with E-state index in [2.05, 4.69) is 5.32 Å². The molecule has 0 aromatic heterocycles. The topological polar surface area (TPSA) is 128 Å². The zero-order chi connectivity index (χ0) is 25.0. The van der Waals surface area contributed by atoms with Gasteiger partial charge >= 0.3 is 11.9 Å². The van der Waals surface area contributed by atoms with E-state index >= 15 is 0 Å². The molecule has 34 heavy (non-hydrogen) atoms. The van der Waals surface area contributed by atoms with Crippen molar-refractivity contribution in [3.05, 3.63) is 51.2 Å². The zero-order valence-corrected chi connectivity index (χ0v) is 19.5. The lowest BCUT2D eigenvalue weighted by Crippen LogP contribution is -2.26. The van der Waals surface area contributed by atoms with E-state index in [4.69, 9.17) is 19.3 Å². The Hall–Kier alpha value is -3.88. The Labute approximate surface area is 196 Å². The van der Waals surface area contributed by atoms with Gasteiger partial charge in [0.1, 0.15) is 0 Å². The van der Waals surface area contributed by atoms with Gasteiger partial charge in [-0.15, -0.1) is 0 Å². The van der Waals surface area contributed by atoms with Crippen LogP contribution < -0.4 is 25.0 Å². The fourth-order valence-corrected chi connectivity index (χ4v) is 4.09. The Balaban J connectivity index is 2.24. The van der Waals surface area contributed by atoms with Crippen molar-refractivity contribution in [1.82, 2.24) is 5.32 Å². The zero-order valence-electron chi connectivity index (χ0n) is 19.5. The number of methoxy groups -OCH3 is 2. The lowest BCUT2D eigenvalue weighted by molar-refractivity contribution is -0.142. The molecule has 2 aromatic carbocycles. The van der Waals surface area contributed by atoms with Crippen LogP contribution in [-0.4, -0.2) is 37.2 Å². The number of aliphatic carboxylic acids is 1. The van der Waals surface area contributed by atoms with E-state index < -0.39 is 18.0 Å². The molecule has 1 amide bonds. The number of nitrogens with one attached hydrogen (secondary N) is 1. The van der Waals surface area contributed by atoms with E-state index in [-0.39, 0.29) is 35.7 Å². The van der Waals surface area contributed by atoms with Crippen LogP contribution in [0.25, 0.3) is 11.1 Å². The van der Waals surface area contributed by atoms with Crippen LogP contribution in [0.3, 0.4) is 0 Å². The maximum atomic E-state index is 12.6. The molecule has 0 fully saturated rings. The van der Waals surface area contributed by atoms with Gasteiger partial charge in [0.05, 0.1) is 33.1 Å². The van der Waals surface area contributed by atoms with Crippen molar-refractivity contribution in [1.29, 1.82) is 0 Å². The third kappa shape index (κ3) is 5.19. The predicted octanol–water partition coefficient (Wildman–Crippen LogP) is 2.93. The van der Waals surface area contributed by atoms with Crippen LogP contribution in [0.5, 0.6) is 17.2 Å². The summed E-state index contributed by atoms with van der Waals surface area (Å²) in [6, 6.07) is 6.30. The van der Waals surface area contributed by atoms with Crippen LogP contribution in [0.4, 0.5) is 0 Å². The van der Waals surface area contributed by atoms with Crippen molar-refractivity contribution in [2.24, 2.45) is 0 Å². The van der Waals surface area contributed by atoms with E-state index in [1.165, 1.54) is 27.2 Å². The number of fused-ring (bicyclic) bond motifs is 3. The van der Waals surface area contributed by atoms with E-state index in [1.54, 1.807) is 19.1 Å². The maximum Gasteiger partial charge on any atom is 0.311 e. The molecule has 1 unspecified atom stereocenters. The molecule has 0 heterocycles. The molecule has 2 aromatic rings. The number of hydrogen-bond donors (Lipinski definition) is 2. The molecule has 1 aliphatic carbocycles. The minimum absolute atomic E-state index is 0.106. The molecule has 0 saturated heterocycles. The Kier molecular flexibility index (Phi) is 7.55. The monoisotopic (exact) mass is 469 g/mol. The Morgan fingerprint density at radius 1 is 1.09 bits per heavy atom. The van der Waals surface area contributed by atoms with Gasteiger partial charge in [0.25, 0.3) is 0 Å². The number of ether oxygens (including phenoxy) is 3. The van der Waals surface area contributed by atoms with Gasteiger partial charge in [-0.05, 0) is 54.2 Å². The third-order valence-electron chi connectivity index (χ3n) is 5.67. The molecule has 9 heteroatoms. The molecule has 1 aliphatic rings. The molecule has 0 saturated carbocycles. The summed E-state index contributed by atoms with van der Waals surface area (Å²) in [5.41, 5.74) is 3.17. The first-order valence-corrected chi connectivity index (χ1v) is 10.8. The molecular formula is C25H27NO8. The first-order valence-electron chi connectivity index (χ1n) is 10.8. The van der Waals surface area contributed by atoms with Crippen molar-refractivity contribution in [2.45, 2.75) is 45.6 Å². The second-order valence-electron chi connectivity index (χ2n) is 8.03. The number of amides is 1. The minimum Gasteiger partial charge on any atom is -0.492 e. The van der Waals surface area contributed by atoms with Crippen LogP contribution in [-0.2, 0) is 20.8 Å². The number of hydrogen-bond acceptors (Lipinski definition) is 7. The molecule has 180 valence electrons. The number of carbonyl (C=O) groups is 3. The number of aryl methyl sites for hydroxylation is 2. The Bertz CT molecular complexity index is 1200. The second kappa shape index (κ2) is 10.4. The van der Waals surface area contributed by atoms with Crippen molar-refractivity contribution in [2.75, 3.05) is 14.2 Å². The van der Waals surface area contributed by atoms with Gasteiger partial charge in [0.2, 0.25) is 11.7 Å². The van der Waals surface area contributed by atoms with Crippen molar-refractivity contribution in [3.8, 4) is 28.4 Å². The van der Waals surface area contributed by atoms with E-state index in [9.17, 15) is 19.2 Å². The van der Waals surface area contributed by atoms with Crippen LogP contribution in [0.2, 0.25) is 0 Å². The highest BCUT2D eigenvalue weighted by Gasteiger charge is 2.30. The molecule has 0 radical (unpaired) electrons. The summed E-state index contributed by atoms with van der Waals surface area (Å²) in [6.45, 7) is 3.13. The lowest BCUT2D eigenvalue weighted by atomic mass is 9.95. The fourth-order valence-electron chi connectivity index (χ4n) is 4.09. The minimum atomic E-state index is -1.11. The largest absolute Gasteiger partial charge is 0.492 e. The summed E-state index contributed by atoms with van der Waals surface area (Å²) in [6.07, 6.45) is 0.310. The van der Waals surface area contributed by atoms with Gasteiger partial charge in [-0.25, -0.2) is 0 Å². The SMILES string of the molecule is COc1c(OC(=O)CCC(=O)O)cc2c(c1OC)-c1ccc(C)c(=O)cc1C(NC(C)=O)CC2. The average Bonchev–Trinajstić information content (AvgIpc) is 3.01. The normalized spacial score (nSPS) is 14.2. The van der Waals surface area contributed by atoms with Crippen LogP contribution in [0, 0.1) is 6.92 Å². The maximum absolute atomic E-state index is 12.6. The number of carboxylic acid groups (broad SMARTS) is 1. The summed E-state index contributed by atoms with van der Waals surface area (Å²) in [4.78, 5) is 47.6. The molecule has 2 N–H and O–H groups in total. The molecule has 0 spiro atoms. The van der Waals surface area contributed by atoms with Crippen molar-refractivity contribution < 1.29 is 33.7 Å². The quantitative estimate of drug-likeness (QED) is 0.468. The smallest absolute Gasteiger partial charge is 0.311 e. The Morgan fingerprint density at radius 3 is 2.41 bits per heavy atom. The summed E-state index contributed by atoms with van der Waals surface area (Å²) in [5.74, 6) is -1.47. The molecular weight excluding hydrogens is 442 g/mol. The summed E-state index contributed by atoms with van der Waals surface area (Å²) >= 11 is 0. The van der Waals surface area contributed by atoms with Gasteiger partial charge in [-0.3, -0.25) is 19.2 Å². The van der Waals surface area contributed by atoms with Gasteiger partial charge in [0, 0.05) is 12.5 Å². The standard InChI is InChI=1S/C25H27NO8/c1-13-5-7-16-17(12-19(13)28)18(26-14(2)27)8-6-15-11-20(34-22(31)10-9-21(29)30)24(32-3)25(33-4)23(15)16/h5,7,11-12,18H,6,8-10H2,1-4H3,(H,26,27)(H,29,30). The van der Waals surface area contributed by atoms with Gasteiger partial charge in [0.15, 0.2) is 16.9 Å². The number of carboxylic acids is 1.